The van der Waals surface area contributed by atoms with Crippen molar-refractivity contribution in [1.82, 2.24) is 10.2 Å². The van der Waals surface area contributed by atoms with Gasteiger partial charge in [0.05, 0.1) is 6.61 Å². The average molecular weight is 351 g/mol. The second kappa shape index (κ2) is 7.68. The Morgan fingerprint density at radius 3 is 2.54 bits per heavy atom. The van der Waals surface area contributed by atoms with Crippen LogP contribution in [-0.2, 0) is 6.42 Å². The van der Waals surface area contributed by atoms with Gasteiger partial charge in [-0.3, -0.25) is 0 Å². The van der Waals surface area contributed by atoms with Crippen LogP contribution >= 0.6 is 0 Å². The maximum absolute atomic E-state index is 12.5. The molecule has 2 aromatic rings. The number of carbonyl (C=O) groups excluding carboxylic acids is 1. The molecule has 0 spiro atoms. The van der Waals surface area contributed by atoms with Crippen LogP contribution in [0.4, 0.5) is 10.5 Å². The Labute approximate surface area is 154 Å². The van der Waals surface area contributed by atoms with Crippen molar-refractivity contribution in [2.24, 2.45) is 5.92 Å². The topological polar surface area (TPSA) is 44.8 Å². The van der Waals surface area contributed by atoms with Crippen molar-refractivity contribution in [3.63, 3.8) is 0 Å². The van der Waals surface area contributed by atoms with Crippen molar-refractivity contribution in [3.05, 3.63) is 60.2 Å². The molecule has 5 heteroatoms. The smallest absolute Gasteiger partial charge is 0.317 e. The molecule has 2 aliphatic rings. The van der Waals surface area contributed by atoms with E-state index >= 15 is 0 Å². The number of hydrogen-bond donors (Lipinski definition) is 1. The van der Waals surface area contributed by atoms with Crippen LogP contribution in [0.15, 0.2) is 54.6 Å². The molecule has 1 N–H and O–H groups in total. The second-order valence-corrected chi connectivity index (χ2v) is 6.98. The van der Waals surface area contributed by atoms with E-state index in [4.69, 9.17) is 4.74 Å². The lowest BCUT2D eigenvalue weighted by Crippen LogP contribution is -2.52. The monoisotopic (exact) mass is 351 g/mol. The summed E-state index contributed by atoms with van der Waals surface area (Å²) in [7, 11) is 0. The number of rotatable bonds is 3. The van der Waals surface area contributed by atoms with Gasteiger partial charge in [0.1, 0.15) is 5.75 Å². The Kier molecular flexibility index (Phi) is 4.95. The van der Waals surface area contributed by atoms with Crippen molar-refractivity contribution in [2.45, 2.75) is 6.42 Å². The highest BCUT2D eigenvalue weighted by Gasteiger charge is 2.23. The number of fused-ring (bicyclic) bond motifs is 1. The van der Waals surface area contributed by atoms with E-state index in [1.54, 1.807) is 0 Å². The highest BCUT2D eigenvalue weighted by molar-refractivity contribution is 5.74. The highest BCUT2D eigenvalue weighted by atomic mass is 16.5. The number of nitrogens with one attached hydrogen (secondary N) is 1. The van der Waals surface area contributed by atoms with E-state index in [0.29, 0.717) is 19.1 Å². The molecule has 0 bridgehead atoms. The first kappa shape index (κ1) is 16.8. The van der Waals surface area contributed by atoms with E-state index in [1.807, 2.05) is 29.2 Å². The molecule has 0 aromatic heterocycles. The summed E-state index contributed by atoms with van der Waals surface area (Å²) in [4.78, 5) is 16.7. The third-order valence-electron chi connectivity index (χ3n) is 5.19. The number of ether oxygens (including phenoxy) is 1. The number of urea groups is 1. The molecule has 136 valence electrons. The Hall–Kier alpha value is -2.69. The molecule has 0 saturated carbocycles. The molecule has 1 saturated heterocycles. The molecule has 1 atom stereocenters. The second-order valence-electron chi connectivity index (χ2n) is 6.98. The SMILES string of the molecule is O=C(NCC1COc2ccccc2C1)N1CCN(c2ccccc2)CC1. The third-order valence-corrected chi connectivity index (χ3v) is 5.19. The molecule has 5 nitrogen and oxygen atoms in total. The summed E-state index contributed by atoms with van der Waals surface area (Å²) >= 11 is 0. The Morgan fingerprint density at radius 1 is 1.00 bits per heavy atom. The van der Waals surface area contributed by atoms with Crippen molar-refractivity contribution >= 4 is 11.7 Å². The van der Waals surface area contributed by atoms with Gasteiger partial charge in [-0.15, -0.1) is 0 Å². The Bertz CT molecular complexity index is 742. The van der Waals surface area contributed by atoms with Crippen LogP contribution < -0.4 is 15.0 Å². The molecular formula is C21H25N3O2. The molecule has 0 aliphatic carbocycles. The van der Waals surface area contributed by atoms with Crippen molar-refractivity contribution in [3.8, 4) is 5.75 Å². The van der Waals surface area contributed by atoms with E-state index in [1.165, 1.54) is 11.3 Å². The van der Waals surface area contributed by atoms with E-state index < -0.39 is 0 Å². The van der Waals surface area contributed by atoms with Crippen molar-refractivity contribution < 1.29 is 9.53 Å². The number of piperazine rings is 1. The summed E-state index contributed by atoms with van der Waals surface area (Å²) in [5, 5.41) is 3.10. The van der Waals surface area contributed by atoms with Crippen LogP contribution in [0.25, 0.3) is 0 Å². The zero-order valence-corrected chi connectivity index (χ0v) is 14.9. The minimum atomic E-state index is 0.0385. The molecule has 2 aromatic carbocycles. The molecule has 2 aliphatic heterocycles. The number of carbonyl (C=O) groups is 1. The first-order valence-corrected chi connectivity index (χ1v) is 9.33. The van der Waals surface area contributed by atoms with Crippen LogP contribution in [-0.4, -0.2) is 50.3 Å². The van der Waals surface area contributed by atoms with Gasteiger partial charge in [0.25, 0.3) is 0 Å². The van der Waals surface area contributed by atoms with Crippen LogP contribution in [0.2, 0.25) is 0 Å². The van der Waals surface area contributed by atoms with Gasteiger partial charge in [0, 0.05) is 44.3 Å². The van der Waals surface area contributed by atoms with Crippen LogP contribution in [0.1, 0.15) is 5.56 Å². The maximum Gasteiger partial charge on any atom is 0.317 e. The number of anilines is 1. The maximum atomic E-state index is 12.5. The number of hydrogen-bond acceptors (Lipinski definition) is 3. The lowest BCUT2D eigenvalue weighted by molar-refractivity contribution is 0.183. The molecule has 0 radical (unpaired) electrons. The molecule has 2 amide bonds. The zero-order valence-electron chi connectivity index (χ0n) is 14.9. The fraction of sp³-hybridized carbons (Fsp3) is 0.381. The predicted molar refractivity (Wildman–Crippen MR) is 103 cm³/mol. The third kappa shape index (κ3) is 3.77. The van der Waals surface area contributed by atoms with Gasteiger partial charge in [-0.25, -0.2) is 4.79 Å². The molecule has 2 heterocycles. The van der Waals surface area contributed by atoms with Crippen LogP contribution in [0.5, 0.6) is 5.75 Å². The molecule has 26 heavy (non-hydrogen) atoms. The van der Waals surface area contributed by atoms with E-state index in [-0.39, 0.29) is 6.03 Å². The van der Waals surface area contributed by atoms with Gasteiger partial charge in [0.15, 0.2) is 0 Å². The number of nitrogens with zero attached hydrogens (tertiary/aromatic N) is 2. The minimum absolute atomic E-state index is 0.0385. The molecular weight excluding hydrogens is 326 g/mol. The van der Waals surface area contributed by atoms with Gasteiger partial charge >= 0.3 is 6.03 Å². The van der Waals surface area contributed by atoms with Crippen LogP contribution in [0.3, 0.4) is 0 Å². The fourth-order valence-corrected chi connectivity index (χ4v) is 3.67. The van der Waals surface area contributed by atoms with Gasteiger partial charge in [-0.2, -0.15) is 0 Å². The fourth-order valence-electron chi connectivity index (χ4n) is 3.67. The molecule has 1 fully saturated rings. The van der Waals surface area contributed by atoms with Gasteiger partial charge in [-0.1, -0.05) is 36.4 Å². The molecule has 4 rings (SSSR count). The largest absolute Gasteiger partial charge is 0.493 e. The van der Waals surface area contributed by atoms with Crippen LogP contribution in [0, 0.1) is 5.92 Å². The number of amides is 2. The van der Waals surface area contributed by atoms with E-state index in [0.717, 1.165) is 38.3 Å². The lowest BCUT2D eigenvalue weighted by atomic mass is 9.97. The first-order valence-electron chi connectivity index (χ1n) is 9.33. The Balaban J connectivity index is 1.24. The van der Waals surface area contributed by atoms with E-state index in [9.17, 15) is 4.79 Å². The zero-order chi connectivity index (χ0) is 17.8. The molecule has 1 unspecified atom stereocenters. The quantitative estimate of drug-likeness (QED) is 0.925. The highest BCUT2D eigenvalue weighted by Crippen LogP contribution is 2.26. The summed E-state index contributed by atoms with van der Waals surface area (Å²) < 4.78 is 5.81. The lowest BCUT2D eigenvalue weighted by Gasteiger charge is -2.36. The number of benzene rings is 2. The summed E-state index contributed by atoms with van der Waals surface area (Å²) in [6.45, 7) is 4.58. The van der Waals surface area contributed by atoms with Gasteiger partial charge in [0.2, 0.25) is 0 Å². The van der Waals surface area contributed by atoms with Crippen molar-refractivity contribution in [2.75, 3.05) is 44.2 Å². The first-order chi connectivity index (χ1) is 12.8. The van der Waals surface area contributed by atoms with Crippen molar-refractivity contribution in [1.29, 1.82) is 0 Å². The normalized spacial score (nSPS) is 19.5. The number of para-hydroxylation sites is 2. The summed E-state index contributed by atoms with van der Waals surface area (Å²) in [6, 6.07) is 18.6. The van der Waals surface area contributed by atoms with E-state index in [2.05, 4.69) is 40.5 Å². The summed E-state index contributed by atoms with van der Waals surface area (Å²) in [6.07, 6.45) is 0.957. The minimum Gasteiger partial charge on any atom is -0.493 e. The average Bonchev–Trinajstić information content (AvgIpc) is 2.72. The van der Waals surface area contributed by atoms with Gasteiger partial charge in [-0.05, 0) is 30.2 Å². The Morgan fingerprint density at radius 2 is 1.73 bits per heavy atom. The van der Waals surface area contributed by atoms with Gasteiger partial charge < -0.3 is 19.9 Å². The summed E-state index contributed by atoms with van der Waals surface area (Å²) in [5.41, 5.74) is 2.46. The standard InChI is InChI=1S/C21H25N3O2/c25-21(22-15-17-14-18-6-4-5-9-20(18)26-16-17)24-12-10-23(11-13-24)19-7-2-1-3-8-19/h1-9,17H,10-16H2,(H,22,25). The predicted octanol–water partition coefficient (Wildman–Crippen LogP) is 2.77. The summed E-state index contributed by atoms with van der Waals surface area (Å²) in [5.74, 6) is 1.31.